The molecule has 6 nitrogen and oxygen atoms in total. The maximum atomic E-state index is 13.8. The van der Waals surface area contributed by atoms with Gasteiger partial charge in [-0.25, -0.2) is 14.1 Å². The third kappa shape index (κ3) is 4.80. The normalized spacial score (nSPS) is 14.4. The number of rotatable bonds is 6. The highest BCUT2D eigenvalue weighted by atomic mass is 32.1. The molecule has 4 aromatic rings. The van der Waals surface area contributed by atoms with E-state index in [0.29, 0.717) is 37.1 Å². The van der Waals surface area contributed by atoms with Crippen molar-refractivity contribution in [3.63, 3.8) is 0 Å². The minimum atomic E-state index is -0.368. The largest absolute Gasteiger partial charge is 0.493 e. The molecule has 8 heteroatoms. The topological polar surface area (TPSA) is 60.2 Å². The van der Waals surface area contributed by atoms with Gasteiger partial charge in [0.05, 0.1) is 17.2 Å². The smallest absolute Gasteiger partial charge is 0.293 e. The summed E-state index contributed by atoms with van der Waals surface area (Å²) in [4.78, 5) is 20.4. The molecule has 33 heavy (non-hydrogen) atoms. The third-order valence-electron chi connectivity index (χ3n) is 5.72. The predicted molar refractivity (Wildman–Crippen MR) is 125 cm³/mol. The van der Waals surface area contributed by atoms with E-state index in [9.17, 15) is 9.18 Å². The first-order valence-corrected chi connectivity index (χ1v) is 11.8. The predicted octanol–water partition coefficient (Wildman–Crippen LogP) is 5.07. The van der Waals surface area contributed by atoms with E-state index < -0.39 is 0 Å². The van der Waals surface area contributed by atoms with Crippen molar-refractivity contribution >= 4 is 17.2 Å². The number of benzene rings is 2. The Hall–Kier alpha value is -3.52. The van der Waals surface area contributed by atoms with Crippen molar-refractivity contribution in [1.29, 1.82) is 0 Å². The molecule has 0 aliphatic carbocycles. The van der Waals surface area contributed by atoms with Crippen LogP contribution in [0, 0.1) is 11.7 Å². The molecule has 1 aliphatic rings. The van der Waals surface area contributed by atoms with Gasteiger partial charge in [-0.05, 0) is 60.5 Å². The van der Waals surface area contributed by atoms with E-state index in [4.69, 9.17) is 4.74 Å². The fourth-order valence-corrected chi connectivity index (χ4v) is 4.63. The Labute approximate surface area is 195 Å². The van der Waals surface area contributed by atoms with E-state index in [1.165, 1.54) is 23.5 Å². The lowest BCUT2D eigenvalue weighted by molar-refractivity contribution is 0.0649. The number of aromatic nitrogens is 3. The molecule has 0 spiro atoms. The number of halogens is 1. The lowest BCUT2D eigenvalue weighted by Gasteiger charge is -2.31. The van der Waals surface area contributed by atoms with E-state index in [2.05, 4.69) is 10.1 Å². The highest BCUT2D eigenvalue weighted by Crippen LogP contribution is 2.27. The summed E-state index contributed by atoms with van der Waals surface area (Å²) in [5.41, 5.74) is 0.529. The highest BCUT2D eigenvalue weighted by molar-refractivity contribution is 7.13. The van der Waals surface area contributed by atoms with Crippen LogP contribution >= 0.6 is 11.3 Å². The van der Waals surface area contributed by atoms with Gasteiger partial charge in [-0.3, -0.25) is 4.79 Å². The number of hydrogen-bond acceptors (Lipinski definition) is 5. The van der Waals surface area contributed by atoms with Gasteiger partial charge < -0.3 is 9.64 Å². The second kappa shape index (κ2) is 9.54. The van der Waals surface area contributed by atoms with Gasteiger partial charge in [0.2, 0.25) is 5.82 Å². The van der Waals surface area contributed by atoms with E-state index in [1.807, 2.05) is 47.8 Å². The molecule has 0 saturated carbocycles. The number of para-hydroxylation sites is 1. The van der Waals surface area contributed by atoms with Crippen LogP contribution in [0.5, 0.6) is 5.75 Å². The molecular weight excluding hydrogens is 439 g/mol. The summed E-state index contributed by atoms with van der Waals surface area (Å²) in [6.07, 6.45) is 1.72. The third-order valence-corrected chi connectivity index (χ3v) is 6.59. The maximum absolute atomic E-state index is 13.8. The number of piperidine rings is 1. The van der Waals surface area contributed by atoms with Crippen LogP contribution in [-0.4, -0.2) is 45.3 Å². The molecule has 0 atom stereocenters. The summed E-state index contributed by atoms with van der Waals surface area (Å²) < 4.78 is 21.3. The number of nitrogens with zero attached hydrogens (tertiary/aromatic N) is 4. The lowest BCUT2D eigenvalue weighted by Crippen LogP contribution is -2.40. The Bertz CT molecular complexity index is 1220. The van der Waals surface area contributed by atoms with Crippen LogP contribution < -0.4 is 4.74 Å². The average molecular weight is 463 g/mol. The number of carbonyl (C=O) groups excluding carboxylic acids is 1. The summed E-state index contributed by atoms with van der Waals surface area (Å²) in [7, 11) is 0. The van der Waals surface area contributed by atoms with Crippen LogP contribution in [-0.2, 0) is 0 Å². The first kappa shape index (κ1) is 21.3. The number of amides is 1. The van der Waals surface area contributed by atoms with Crippen LogP contribution in [0.3, 0.4) is 0 Å². The van der Waals surface area contributed by atoms with Gasteiger partial charge in [-0.15, -0.1) is 16.4 Å². The number of likely N-dealkylation sites (tertiary alicyclic amines) is 1. The van der Waals surface area contributed by atoms with E-state index in [-0.39, 0.29) is 17.5 Å². The van der Waals surface area contributed by atoms with Gasteiger partial charge in [-0.2, -0.15) is 0 Å². The van der Waals surface area contributed by atoms with Crippen molar-refractivity contribution in [2.45, 2.75) is 12.8 Å². The molecule has 2 aromatic heterocycles. The zero-order chi connectivity index (χ0) is 22.6. The molecule has 0 bridgehead atoms. The van der Waals surface area contributed by atoms with Crippen LogP contribution in [0.15, 0.2) is 72.1 Å². The minimum Gasteiger partial charge on any atom is -0.493 e. The molecule has 168 valence electrons. The van der Waals surface area contributed by atoms with Gasteiger partial charge in [0.25, 0.3) is 5.91 Å². The van der Waals surface area contributed by atoms with Crippen molar-refractivity contribution in [1.82, 2.24) is 19.7 Å². The number of thiophene rings is 1. The number of hydrogen-bond donors (Lipinski definition) is 0. The summed E-state index contributed by atoms with van der Waals surface area (Å²) >= 11 is 1.50. The van der Waals surface area contributed by atoms with Gasteiger partial charge >= 0.3 is 0 Å². The Morgan fingerprint density at radius 2 is 1.88 bits per heavy atom. The molecule has 0 unspecified atom stereocenters. The molecule has 1 aliphatic heterocycles. The Morgan fingerprint density at radius 1 is 1.06 bits per heavy atom. The molecule has 0 N–H and O–H groups in total. The van der Waals surface area contributed by atoms with Crippen LogP contribution in [0.2, 0.25) is 0 Å². The number of ether oxygens (including phenoxy) is 1. The summed E-state index contributed by atoms with van der Waals surface area (Å²) in [6, 6.07) is 19.7. The standard InChI is InChI=1S/C25H23FN4O2S/c26-19-6-4-7-20(16-19)30-24(22-10-5-15-33-22)27-23(28-30)25(31)29-13-11-18(12-14-29)17-32-21-8-2-1-3-9-21/h1-10,15-16,18H,11-14,17H2. The van der Waals surface area contributed by atoms with Crippen molar-refractivity contribution in [2.24, 2.45) is 5.92 Å². The Balaban J connectivity index is 1.29. The van der Waals surface area contributed by atoms with Crippen LogP contribution in [0.4, 0.5) is 4.39 Å². The second-order valence-corrected chi connectivity index (χ2v) is 8.94. The van der Waals surface area contributed by atoms with Gasteiger partial charge in [-0.1, -0.05) is 30.3 Å². The summed E-state index contributed by atoms with van der Waals surface area (Å²) in [5, 5.41) is 6.41. The molecule has 1 saturated heterocycles. The second-order valence-electron chi connectivity index (χ2n) is 7.99. The maximum Gasteiger partial charge on any atom is 0.293 e. The lowest BCUT2D eigenvalue weighted by atomic mass is 9.98. The average Bonchev–Trinajstić information content (AvgIpc) is 3.54. The zero-order valence-corrected chi connectivity index (χ0v) is 18.7. The van der Waals surface area contributed by atoms with Crippen LogP contribution in [0.1, 0.15) is 23.5 Å². The fourth-order valence-electron chi connectivity index (χ4n) is 3.93. The quantitative estimate of drug-likeness (QED) is 0.402. The Morgan fingerprint density at radius 3 is 2.61 bits per heavy atom. The van der Waals surface area contributed by atoms with Crippen LogP contribution in [0.25, 0.3) is 16.4 Å². The molecule has 3 heterocycles. The highest BCUT2D eigenvalue weighted by Gasteiger charge is 2.28. The first-order valence-electron chi connectivity index (χ1n) is 10.9. The Kier molecular flexibility index (Phi) is 6.17. The van der Waals surface area contributed by atoms with Gasteiger partial charge in [0.1, 0.15) is 11.6 Å². The van der Waals surface area contributed by atoms with E-state index in [1.54, 1.807) is 21.7 Å². The van der Waals surface area contributed by atoms with Crippen molar-refractivity contribution in [3.05, 3.63) is 83.8 Å². The van der Waals surface area contributed by atoms with E-state index >= 15 is 0 Å². The molecule has 2 aromatic carbocycles. The molecular formula is C25H23FN4O2S. The van der Waals surface area contributed by atoms with Crippen molar-refractivity contribution in [3.8, 4) is 22.1 Å². The number of carbonyl (C=O) groups is 1. The molecule has 0 radical (unpaired) electrons. The van der Waals surface area contributed by atoms with Gasteiger partial charge in [0, 0.05) is 13.1 Å². The van der Waals surface area contributed by atoms with Gasteiger partial charge in [0.15, 0.2) is 5.82 Å². The fraction of sp³-hybridized carbons (Fsp3) is 0.240. The monoisotopic (exact) mass is 462 g/mol. The minimum absolute atomic E-state index is 0.127. The molecule has 1 fully saturated rings. The summed E-state index contributed by atoms with van der Waals surface area (Å²) in [5.74, 6) is 1.35. The van der Waals surface area contributed by atoms with Crippen molar-refractivity contribution < 1.29 is 13.9 Å². The molecule has 1 amide bonds. The van der Waals surface area contributed by atoms with Crippen molar-refractivity contribution in [2.75, 3.05) is 19.7 Å². The molecule has 5 rings (SSSR count). The summed E-state index contributed by atoms with van der Waals surface area (Å²) in [6.45, 7) is 1.90. The zero-order valence-electron chi connectivity index (χ0n) is 17.9. The van der Waals surface area contributed by atoms with E-state index in [0.717, 1.165) is 23.5 Å². The SMILES string of the molecule is O=C(c1nc(-c2cccs2)n(-c2cccc(F)c2)n1)N1CCC(COc2ccccc2)CC1. The first-order chi connectivity index (χ1) is 16.2.